The molecule has 0 saturated heterocycles. The van der Waals surface area contributed by atoms with Crippen LogP contribution < -0.4 is 5.32 Å². The van der Waals surface area contributed by atoms with Crippen LogP contribution in [0.1, 0.15) is 24.5 Å². The summed E-state index contributed by atoms with van der Waals surface area (Å²) in [6.07, 6.45) is 0.0327. The zero-order valence-electron chi connectivity index (χ0n) is 15.6. The van der Waals surface area contributed by atoms with E-state index < -0.39 is 17.7 Å². The summed E-state index contributed by atoms with van der Waals surface area (Å²) in [5.74, 6) is -1.38. The standard InChI is InChI=1S/C20H19Cl2F2N3O2/c1-2-25-20(28)27(10-13-3-5-14(23)8-18(13)24)11-15-9-19(26-29-15)12-4-6-16(21)17(22)7-12/h3-8,15H,2,9-11H2,1H3,(H,25,28)/t15-/m0/s1. The first-order valence-electron chi connectivity index (χ1n) is 9.02. The Morgan fingerprint density at radius 3 is 2.72 bits per heavy atom. The van der Waals surface area contributed by atoms with Crippen molar-refractivity contribution in [3.05, 3.63) is 69.2 Å². The lowest BCUT2D eigenvalue weighted by Gasteiger charge is -2.25. The first-order chi connectivity index (χ1) is 13.9. The molecule has 1 aliphatic rings. The third-order valence-corrected chi connectivity index (χ3v) is 5.14. The second-order valence-corrected chi connectivity index (χ2v) is 7.36. The van der Waals surface area contributed by atoms with Gasteiger partial charge < -0.3 is 15.1 Å². The summed E-state index contributed by atoms with van der Waals surface area (Å²) in [7, 11) is 0. The Hall–Kier alpha value is -2.38. The lowest BCUT2D eigenvalue weighted by atomic mass is 10.0. The third-order valence-electron chi connectivity index (χ3n) is 4.40. The van der Waals surface area contributed by atoms with E-state index in [0.717, 1.165) is 17.7 Å². The Kier molecular flexibility index (Phi) is 6.92. The van der Waals surface area contributed by atoms with E-state index in [9.17, 15) is 13.6 Å². The molecule has 0 saturated carbocycles. The van der Waals surface area contributed by atoms with Gasteiger partial charge in [-0.1, -0.05) is 40.5 Å². The first kappa shape index (κ1) is 21.3. The van der Waals surface area contributed by atoms with Crippen LogP contribution in [0.25, 0.3) is 0 Å². The van der Waals surface area contributed by atoms with Crippen molar-refractivity contribution in [1.29, 1.82) is 0 Å². The van der Waals surface area contributed by atoms with Crippen LogP contribution in [0.2, 0.25) is 10.0 Å². The molecule has 2 aromatic rings. The molecular weight excluding hydrogens is 423 g/mol. The van der Waals surface area contributed by atoms with Crippen LogP contribution in [0.5, 0.6) is 0 Å². The molecule has 2 amide bonds. The van der Waals surface area contributed by atoms with E-state index in [-0.39, 0.29) is 24.7 Å². The number of rotatable bonds is 6. The van der Waals surface area contributed by atoms with E-state index in [0.29, 0.717) is 28.7 Å². The minimum atomic E-state index is -0.709. The maximum absolute atomic E-state index is 14.1. The van der Waals surface area contributed by atoms with Crippen molar-refractivity contribution in [2.24, 2.45) is 5.16 Å². The Morgan fingerprint density at radius 1 is 1.24 bits per heavy atom. The van der Waals surface area contributed by atoms with Crippen LogP contribution >= 0.6 is 23.2 Å². The number of amides is 2. The number of nitrogens with zero attached hydrogens (tertiary/aromatic N) is 2. The Morgan fingerprint density at radius 2 is 2.03 bits per heavy atom. The SMILES string of the molecule is CCNC(=O)N(Cc1ccc(F)cc1F)C[C@@H]1CC(c2ccc(Cl)c(Cl)c2)=NO1. The molecule has 1 atom stereocenters. The van der Waals surface area contributed by atoms with Crippen molar-refractivity contribution in [1.82, 2.24) is 10.2 Å². The zero-order valence-corrected chi connectivity index (χ0v) is 17.1. The number of benzene rings is 2. The van der Waals surface area contributed by atoms with Gasteiger partial charge in [0.05, 0.1) is 28.8 Å². The van der Waals surface area contributed by atoms with E-state index in [1.807, 2.05) is 0 Å². The Balaban J connectivity index is 1.70. The van der Waals surface area contributed by atoms with E-state index in [4.69, 9.17) is 28.0 Å². The molecule has 154 valence electrons. The van der Waals surface area contributed by atoms with Gasteiger partial charge in [0.2, 0.25) is 0 Å². The van der Waals surface area contributed by atoms with Crippen molar-refractivity contribution in [2.45, 2.75) is 26.0 Å². The van der Waals surface area contributed by atoms with Gasteiger partial charge in [0.25, 0.3) is 0 Å². The first-order valence-corrected chi connectivity index (χ1v) is 9.77. The molecular formula is C20H19Cl2F2N3O2. The summed E-state index contributed by atoms with van der Waals surface area (Å²) in [5.41, 5.74) is 1.66. The number of hydrogen-bond donors (Lipinski definition) is 1. The molecule has 9 heteroatoms. The zero-order chi connectivity index (χ0) is 21.0. The average molecular weight is 442 g/mol. The molecule has 0 spiro atoms. The van der Waals surface area contributed by atoms with Gasteiger partial charge in [-0.2, -0.15) is 0 Å². The van der Waals surface area contributed by atoms with Gasteiger partial charge in [-0.15, -0.1) is 0 Å². The number of carbonyl (C=O) groups is 1. The fraction of sp³-hybridized carbons (Fsp3) is 0.300. The molecule has 0 aliphatic carbocycles. The minimum absolute atomic E-state index is 0.0279. The van der Waals surface area contributed by atoms with Crippen LogP contribution in [0.3, 0.4) is 0 Å². The molecule has 0 radical (unpaired) electrons. The molecule has 0 unspecified atom stereocenters. The molecule has 2 aromatic carbocycles. The lowest BCUT2D eigenvalue weighted by Crippen LogP contribution is -2.43. The fourth-order valence-corrected chi connectivity index (χ4v) is 3.25. The van der Waals surface area contributed by atoms with Gasteiger partial charge in [0.15, 0.2) is 6.10 Å². The quantitative estimate of drug-likeness (QED) is 0.685. The number of hydrogen-bond acceptors (Lipinski definition) is 3. The van der Waals surface area contributed by atoms with E-state index >= 15 is 0 Å². The van der Waals surface area contributed by atoms with Gasteiger partial charge in [-0.3, -0.25) is 0 Å². The van der Waals surface area contributed by atoms with E-state index in [2.05, 4.69) is 10.5 Å². The maximum Gasteiger partial charge on any atom is 0.317 e. The summed E-state index contributed by atoms with van der Waals surface area (Å²) in [5, 5.41) is 7.63. The molecule has 1 aliphatic heterocycles. The second kappa shape index (κ2) is 9.41. The molecule has 1 N–H and O–H groups in total. The highest BCUT2D eigenvalue weighted by molar-refractivity contribution is 6.42. The predicted molar refractivity (Wildman–Crippen MR) is 108 cm³/mol. The van der Waals surface area contributed by atoms with Crippen LogP contribution in [0.15, 0.2) is 41.6 Å². The summed E-state index contributed by atoms with van der Waals surface area (Å²) < 4.78 is 27.2. The number of nitrogens with one attached hydrogen (secondary N) is 1. The largest absolute Gasteiger partial charge is 0.390 e. The van der Waals surface area contributed by atoms with Gasteiger partial charge >= 0.3 is 6.03 Å². The maximum atomic E-state index is 14.1. The molecule has 0 aromatic heterocycles. The third kappa shape index (κ3) is 5.36. The van der Waals surface area contributed by atoms with E-state index in [1.54, 1.807) is 25.1 Å². The summed E-state index contributed by atoms with van der Waals surface area (Å²) in [6.45, 7) is 2.35. The molecule has 0 bridgehead atoms. The van der Waals surface area contributed by atoms with Crippen LogP contribution in [-0.2, 0) is 11.4 Å². The highest BCUT2D eigenvalue weighted by Crippen LogP contribution is 2.26. The average Bonchev–Trinajstić information content (AvgIpc) is 3.14. The highest BCUT2D eigenvalue weighted by atomic mass is 35.5. The van der Waals surface area contributed by atoms with Gasteiger partial charge in [0.1, 0.15) is 11.6 Å². The fourth-order valence-electron chi connectivity index (χ4n) is 2.96. The van der Waals surface area contributed by atoms with Gasteiger partial charge in [0, 0.05) is 30.2 Å². The Labute approximate surface area is 177 Å². The smallest absolute Gasteiger partial charge is 0.317 e. The number of urea groups is 1. The topological polar surface area (TPSA) is 53.9 Å². The number of halogens is 4. The lowest BCUT2D eigenvalue weighted by molar-refractivity contribution is 0.0588. The van der Waals surface area contributed by atoms with Gasteiger partial charge in [-0.05, 0) is 25.1 Å². The van der Waals surface area contributed by atoms with Crippen molar-refractivity contribution in [2.75, 3.05) is 13.1 Å². The summed E-state index contributed by atoms with van der Waals surface area (Å²) in [4.78, 5) is 19.3. The molecule has 1 heterocycles. The van der Waals surface area contributed by atoms with Crippen LogP contribution in [-0.4, -0.2) is 35.8 Å². The molecule has 29 heavy (non-hydrogen) atoms. The Bertz CT molecular complexity index is 940. The number of oxime groups is 1. The van der Waals surface area contributed by atoms with Crippen molar-refractivity contribution < 1.29 is 18.4 Å². The van der Waals surface area contributed by atoms with Crippen molar-refractivity contribution >= 4 is 34.9 Å². The number of carbonyl (C=O) groups excluding carboxylic acids is 1. The van der Waals surface area contributed by atoms with Crippen molar-refractivity contribution in [3.8, 4) is 0 Å². The molecule has 5 nitrogen and oxygen atoms in total. The van der Waals surface area contributed by atoms with E-state index in [1.165, 1.54) is 11.0 Å². The van der Waals surface area contributed by atoms with Crippen LogP contribution in [0.4, 0.5) is 13.6 Å². The predicted octanol–water partition coefficient (Wildman–Crippen LogP) is 5.00. The van der Waals surface area contributed by atoms with Crippen LogP contribution in [0, 0.1) is 11.6 Å². The molecule has 3 rings (SSSR count). The summed E-state index contributed by atoms with van der Waals surface area (Å²) >= 11 is 12.0. The normalized spacial score (nSPS) is 15.6. The minimum Gasteiger partial charge on any atom is -0.390 e. The monoisotopic (exact) mass is 441 g/mol. The molecule has 0 fully saturated rings. The van der Waals surface area contributed by atoms with Gasteiger partial charge in [-0.25, -0.2) is 13.6 Å². The van der Waals surface area contributed by atoms with Crippen molar-refractivity contribution in [3.63, 3.8) is 0 Å². The highest BCUT2D eigenvalue weighted by Gasteiger charge is 2.27. The summed E-state index contributed by atoms with van der Waals surface area (Å²) in [6, 6.07) is 8.06. The second-order valence-electron chi connectivity index (χ2n) is 6.55.